The van der Waals surface area contributed by atoms with Crippen LogP contribution in [0.3, 0.4) is 0 Å². The highest BCUT2D eigenvalue weighted by Crippen LogP contribution is 1.82. The van der Waals surface area contributed by atoms with Crippen LogP contribution >= 0.6 is 0 Å². The zero-order valence-electron chi connectivity index (χ0n) is 14.4. The third kappa shape index (κ3) is 27.7. The number of esters is 4. The first kappa shape index (κ1) is 23.6. The number of carbonyl (C=O) groups is 4. The van der Waals surface area contributed by atoms with Crippen LogP contribution in [0.4, 0.5) is 0 Å². The van der Waals surface area contributed by atoms with Crippen LogP contribution in [0.25, 0.3) is 0 Å². The van der Waals surface area contributed by atoms with E-state index in [2.05, 4.69) is 18.9 Å². The van der Waals surface area contributed by atoms with Gasteiger partial charge in [0.05, 0.1) is 0 Å². The fourth-order valence-corrected chi connectivity index (χ4v) is 0.934. The lowest BCUT2D eigenvalue weighted by Crippen LogP contribution is -2.00. The largest absolute Gasteiger partial charge is 0.462 e. The fraction of sp³-hybridized carbons (Fsp3) is 0.500. The Hall–Kier alpha value is -2.64. The Balaban J connectivity index is 0. The second-order valence-corrected chi connectivity index (χ2v) is 4.15. The molecule has 0 aromatic heterocycles. The van der Waals surface area contributed by atoms with E-state index in [-0.39, 0.29) is 50.3 Å². The third-order valence-electron chi connectivity index (χ3n) is 1.86. The molecule has 0 saturated heterocycles. The summed E-state index contributed by atoms with van der Waals surface area (Å²) in [6.07, 6.45) is 6.46. The molecule has 8 nitrogen and oxygen atoms in total. The van der Waals surface area contributed by atoms with Gasteiger partial charge in [0.1, 0.15) is 26.4 Å². The molecule has 24 heavy (non-hydrogen) atoms. The molecule has 0 aliphatic carbocycles. The van der Waals surface area contributed by atoms with Crippen molar-refractivity contribution in [3.63, 3.8) is 0 Å². The second kappa shape index (κ2) is 16.7. The highest BCUT2D eigenvalue weighted by atomic mass is 16.5. The molecule has 0 aliphatic heterocycles. The summed E-state index contributed by atoms with van der Waals surface area (Å²) in [7, 11) is 0. The smallest absolute Gasteiger partial charge is 0.302 e. The maximum Gasteiger partial charge on any atom is 0.302 e. The Labute approximate surface area is 141 Å². The van der Waals surface area contributed by atoms with Crippen LogP contribution in [0, 0.1) is 0 Å². The molecule has 0 radical (unpaired) electrons. The van der Waals surface area contributed by atoms with Crippen LogP contribution < -0.4 is 0 Å². The van der Waals surface area contributed by atoms with Gasteiger partial charge in [-0.15, -0.1) is 0 Å². The molecule has 0 heterocycles. The van der Waals surface area contributed by atoms with E-state index >= 15 is 0 Å². The topological polar surface area (TPSA) is 105 Å². The summed E-state index contributed by atoms with van der Waals surface area (Å²) in [6, 6.07) is 0. The Bertz CT molecular complexity index is 369. The van der Waals surface area contributed by atoms with Crippen LogP contribution in [0.5, 0.6) is 0 Å². The zero-order chi connectivity index (χ0) is 18.8. The molecule has 0 fully saturated rings. The first-order valence-electron chi connectivity index (χ1n) is 7.09. The van der Waals surface area contributed by atoms with Crippen LogP contribution in [-0.4, -0.2) is 50.3 Å². The van der Waals surface area contributed by atoms with Gasteiger partial charge < -0.3 is 18.9 Å². The Morgan fingerprint density at radius 2 is 0.667 bits per heavy atom. The monoisotopic (exact) mass is 344 g/mol. The highest BCUT2D eigenvalue weighted by molar-refractivity contribution is 5.67. The van der Waals surface area contributed by atoms with E-state index in [0.717, 1.165) is 0 Å². The minimum atomic E-state index is -0.327. The fourth-order valence-electron chi connectivity index (χ4n) is 0.934. The molecule has 0 aromatic rings. The minimum Gasteiger partial charge on any atom is -0.462 e. The van der Waals surface area contributed by atoms with Crippen molar-refractivity contribution in [3.05, 3.63) is 24.3 Å². The molecule has 0 aliphatic rings. The van der Waals surface area contributed by atoms with E-state index in [9.17, 15) is 19.2 Å². The number of carbonyl (C=O) groups excluding carboxylic acids is 4. The molecule has 0 aromatic carbocycles. The van der Waals surface area contributed by atoms with E-state index in [1.807, 2.05) is 0 Å². The molecule has 0 rings (SSSR count). The Morgan fingerprint density at radius 3 is 0.792 bits per heavy atom. The predicted octanol–water partition coefficient (Wildman–Crippen LogP) is 1.34. The Kier molecular flexibility index (Phi) is 16.5. The zero-order valence-corrected chi connectivity index (χ0v) is 14.4. The molecular weight excluding hydrogens is 320 g/mol. The standard InChI is InChI=1S/2C8H12O4/c2*1-7(9)11-5-3-4-6-12-8(2)10/h2*3-4H,5-6H2,1-2H3. The lowest BCUT2D eigenvalue weighted by atomic mass is 10.5. The number of ether oxygens (including phenoxy) is 4. The minimum absolute atomic E-state index is 0.219. The van der Waals surface area contributed by atoms with Gasteiger partial charge in [0.15, 0.2) is 0 Å². The Morgan fingerprint density at radius 1 is 0.500 bits per heavy atom. The van der Waals surface area contributed by atoms with Gasteiger partial charge in [-0.05, 0) is 24.3 Å². The maximum absolute atomic E-state index is 10.2. The number of hydrogen-bond donors (Lipinski definition) is 0. The second-order valence-electron chi connectivity index (χ2n) is 4.15. The molecule has 136 valence electrons. The van der Waals surface area contributed by atoms with Crippen molar-refractivity contribution in [2.75, 3.05) is 26.4 Å². The molecular formula is C16H24O8. The van der Waals surface area contributed by atoms with E-state index in [0.29, 0.717) is 0 Å². The van der Waals surface area contributed by atoms with Crippen molar-refractivity contribution >= 4 is 23.9 Å². The van der Waals surface area contributed by atoms with Gasteiger partial charge in [-0.3, -0.25) is 19.2 Å². The van der Waals surface area contributed by atoms with Gasteiger partial charge >= 0.3 is 23.9 Å². The summed E-state index contributed by atoms with van der Waals surface area (Å²) in [6.45, 7) is 6.21. The van der Waals surface area contributed by atoms with Gasteiger partial charge in [0.2, 0.25) is 0 Å². The first-order chi connectivity index (χ1) is 11.3. The lowest BCUT2D eigenvalue weighted by molar-refractivity contribution is -0.141. The summed E-state index contributed by atoms with van der Waals surface area (Å²) < 4.78 is 18.3. The molecule has 0 bridgehead atoms. The maximum atomic E-state index is 10.2. The molecule has 0 unspecified atom stereocenters. The molecule has 0 amide bonds. The predicted molar refractivity (Wildman–Crippen MR) is 84.8 cm³/mol. The average molecular weight is 344 g/mol. The van der Waals surface area contributed by atoms with E-state index in [4.69, 9.17) is 0 Å². The lowest BCUT2D eigenvalue weighted by Gasteiger charge is -1.96. The van der Waals surface area contributed by atoms with Gasteiger partial charge in [-0.1, -0.05) is 0 Å². The number of rotatable bonds is 8. The number of hydrogen-bond acceptors (Lipinski definition) is 8. The molecule has 0 saturated carbocycles. The summed E-state index contributed by atoms with van der Waals surface area (Å²) in [4.78, 5) is 41.0. The van der Waals surface area contributed by atoms with E-state index < -0.39 is 0 Å². The van der Waals surface area contributed by atoms with Gasteiger partial charge in [-0.25, -0.2) is 0 Å². The van der Waals surface area contributed by atoms with Crippen molar-refractivity contribution in [2.24, 2.45) is 0 Å². The van der Waals surface area contributed by atoms with Crippen molar-refractivity contribution in [1.82, 2.24) is 0 Å². The van der Waals surface area contributed by atoms with Crippen LogP contribution in [-0.2, 0) is 38.1 Å². The molecule has 0 atom stereocenters. The van der Waals surface area contributed by atoms with Crippen LogP contribution in [0.15, 0.2) is 24.3 Å². The van der Waals surface area contributed by atoms with Gasteiger partial charge in [0.25, 0.3) is 0 Å². The van der Waals surface area contributed by atoms with E-state index in [1.165, 1.54) is 27.7 Å². The van der Waals surface area contributed by atoms with Gasteiger partial charge in [-0.2, -0.15) is 0 Å². The van der Waals surface area contributed by atoms with Crippen molar-refractivity contribution < 1.29 is 38.1 Å². The first-order valence-corrected chi connectivity index (χ1v) is 7.09. The molecule has 0 N–H and O–H groups in total. The average Bonchev–Trinajstić information content (AvgIpc) is 2.46. The summed E-state index contributed by atoms with van der Waals surface area (Å²) in [5, 5.41) is 0. The van der Waals surface area contributed by atoms with E-state index in [1.54, 1.807) is 24.3 Å². The summed E-state index contributed by atoms with van der Waals surface area (Å²) >= 11 is 0. The summed E-state index contributed by atoms with van der Waals surface area (Å²) in [5.41, 5.74) is 0. The summed E-state index contributed by atoms with van der Waals surface area (Å²) in [5.74, 6) is -1.31. The van der Waals surface area contributed by atoms with Gasteiger partial charge in [0, 0.05) is 27.7 Å². The molecule has 8 heteroatoms. The highest BCUT2D eigenvalue weighted by Gasteiger charge is 1.89. The third-order valence-corrected chi connectivity index (χ3v) is 1.86. The SMILES string of the molecule is CC(=O)OCC=CCOC(C)=O.CC(=O)OCC=CCOC(C)=O. The molecule has 0 spiro atoms. The van der Waals surface area contributed by atoms with Crippen LogP contribution in [0.2, 0.25) is 0 Å². The van der Waals surface area contributed by atoms with Crippen LogP contribution in [0.1, 0.15) is 27.7 Å². The quantitative estimate of drug-likeness (QED) is 0.369. The van der Waals surface area contributed by atoms with Crippen molar-refractivity contribution in [3.8, 4) is 0 Å². The normalized spacial score (nSPS) is 9.83. The van der Waals surface area contributed by atoms with Crippen molar-refractivity contribution in [1.29, 1.82) is 0 Å². The van der Waals surface area contributed by atoms with Crippen molar-refractivity contribution in [2.45, 2.75) is 27.7 Å².